The molecule has 128 valence electrons. The van der Waals surface area contributed by atoms with Crippen LogP contribution in [0, 0.1) is 12.8 Å². The minimum Gasteiger partial charge on any atom is -0.343 e. The number of thiophene rings is 1. The Kier molecular flexibility index (Phi) is 5.69. The summed E-state index contributed by atoms with van der Waals surface area (Å²) in [5.74, 6) is 0.916. The van der Waals surface area contributed by atoms with Gasteiger partial charge < -0.3 is 5.32 Å². The van der Waals surface area contributed by atoms with Gasteiger partial charge in [0, 0.05) is 11.4 Å². The second-order valence-corrected chi connectivity index (χ2v) is 7.68. The van der Waals surface area contributed by atoms with E-state index in [9.17, 15) is 4.79 Å². The number of carbonyl (C=O) groups is 1. The molecule has 1 aliphatic carbocycles. The predicted molar refractivity (Wildman–Crippen MR) is 100 cm³/mol. The van der Waals surface area contributed by atoms with Gasteiger partial charge >= 0.3 is 0 Å². The maximum atomic E-state index is 12.6. The molecule has 0 saturated heterocycles. The molecule has 1 aliphatic rings. The number of nitrogens with one attached hydrogen (secondary N) is 1. The Bertz CT molecular complexity index is 647. The fourth-order valence-electron chi connectivity index (χ4n) is 2.91. The molecule has 0 bridgehead atoms. The molecule has 1 fully saturated rings. The quantitative estimate of drug-likeness (QED) is 0.786. The lowest BCUT2D eigenvalue weighted by atomic mass is 10.0. The molecule has 1 aromatic heterocycles. The summed E-state index contributed by atoms with van der Waals surface area (Å²) in [6, 6.07) is 12.5. The molecule has 3 rings (SSSR count). The van der Waals surface area contributed by atoms with Crippen molar-refractivity contribution in [3.63, 3.8) is 0 Å². The average Bonchev–Trinajstić information content (AvgIpc) is 3.23. The van der Waals surface area contributed by atoms with Crippen molar-refractivity contribution in [3.05, 3.63) is 57.8 Å². The summed E-state index contributed by atoms with van der Waals surface area (Å²) < 4.78 is 0. The summed E-state index contributed by atoms with van der Waals surface area (Å²) >= 11 is 1.69. The zero-order chi connectivity index (χ0) is 16.9. The molecule has 1 N–H and O–H groups in total. The van der Waals surface area contributed by atoms with Gasteiger partial charge in [-0.3, -0.25) is 9.69 Å². The monoisotopic (exact) mass is 342 g/mol. The lowest BCUT2D eigenvalue weighted by Crippen LogP contribution is -2.39. The number of rotatable bonds is 8. The van der Waals surface area contributed by atoms with Crippen LogP contribution in [-0.2, 0) is 4.79 Å². The number of likely N-dealkylation sites (N-methyl/N-ethyl adjacent to an activating group) is 1. The molecule has 1 unspecified atom stereocenters. The molecule has 0 spiro atoms. The fraction of sp³-hybridized carbons (Fsp3) is 0.450. The largest absolute Gasteiger partial charge is 0.343 e. The van der Waals surface area contributed by atoms with Crippen molar-refractivity contribution in [1.29, 1.82) is 0 Å². The number of carbonyl (C=O) groups excluding carboxylic acids is 1. The number of hydrogen-bond acceptors (Lipinski definition) is 3. The van der Waals surface area contributed by atoms with Crippen molar-refractivity contribution in [2.24, 2.45) is 5.92 Å². The third-order valence-electron chi connectivity index (χ3n) is 4.57. The van der Waals surface area contributed by atoms with Crippen molar-refractivity contribution in [1.82, 2.24) is 10.2 Å². The van der Waals surface area contributed by atoms with Gasteiger partial charge in [0.1, 0.15) is 0 Å². The molecule has 1 saturated carbocycles. The Labute approximate surface area is 148 Å². The van der Waals surface area contributed by atoms with Crippen molar-refractivity contribution < 1.29 is 4.79 Å². The van der Waals surface area contributed by atoms with Crippen molar-refractivity contribution >= 4 is 17.2 Å². The second kappa shape index (κ2) is 7.95. The number of nitrogens with zero attached hydrogens (tertiary/aromatic N) is 1. The van der Waals surface area contributed by atoms with E-state index in [-0.39, 0.29) is 11.9 Å². The summed E-state index contributed by atoms with van der Waals surface area (Å²) in [7, 11) is 0. The van der Waals surface area contributed by atoms with Crippen molar-refractivity contribution in [2.75, 3.05) is 19.6 Å². The van der Waals surface area contributed by atoms with Gasteiger partial charge in [0.15, 0.2) is 0 Å². The van der Waals surface area contributed by atoms with E-state index in [1.807, 2.05) is 6.07 Å². The van der Waals surface area contributed by atoms with Gasteiger partial charge in [0.2, 0.25) is 5.91 Å². The van der Waals surface area contributed by atoms with Crippen molar-refractivity contribution in [2.45, 2.75) is 32.7 Å². The Balaban J connectivity index is 1.69. The Morgan fingerprint density at radius 3 is 2.62 bits per heavy atom. The maximum absolute atomic E-state index is 12.6. The molecule has 1 amide bonds. The Hall–Kier alpha value is -1.65. The van der Waals surface area contributed by atoms with Crippen LogP contribution >= 0.6 is 11.3 Å². The van der Waals surface area contributed by atoms with E-state index < -0.39 is 0 Å². The smallest absolute Gasteiger partial charge is 0.234 e. The Morgan fingerprint density at radius 1 is 1.29 bits per heavy atom. The van der Waals surface area contributed by atoms with E-state index in [0.29, 0.717) is 6.54 Å². The van der Waals surface area contributed by atoms with Crippen LogP contribution < -0.4 is 5.32 Å². The normalized spacial score (nSPS) is 15.5. The number of aryl methyl sites for hydroxylation is 1. The van der Waals surface area contributed by atoms with Gasteiger partial charge in [-0.1, -0.05) is 42.8 Å². The van der Waals surface area contributed by atoms with E-state index in [1.165, 1.54) is 23.3 Å². The van der Waals surface area contributed by atoms with Gasteiger partial charge in [-0.05, 0) is 49.2 Å². The van der Waals surface area contributed by atoms with E-state index in [1.54, 1.807) is 11.3 Å². The van der Waals surface area contributed by atoms with Crippen LogP contribution in [0.3, 0.4) is 0 Å². The SMILES string of the molecule is CCN(CC(=O)NC(c1ccc(C)cc1)c1cccs1)CC1CC1. The van der Waals surface area contributed by atoms with Gasteiger partial charge in [-0.25, -0.2) is 0 Å². The molecule has 2 aromatic rings. The van der Waals surface area contributed by atoms with E-state index in [2.05, 4.69) is 59.8 Å². The first-order valence-corrected chi connectivity index (χ1v) is 9.65. The number of benzene rings is 1. The maximum Gasteiger partial charge on any atom is 0.234 e. The molecular formula is C20H26N2OS. The minimum absolute atomic E-state index is 0.0577. The highest BCUT2D eigenvalue weighted by molar-refractivity contribution is 7.10. The average molecular weight is 343 g/mol. The molecule has 24 heavy (non-hydrogen) atoms. The van der Waals surface area contributed by atoms with Crippen LogP contribution in [0.1, 0.15) is 41.8 Å². The molecule has 1 heterocycles. The third-order valence-corrected chi connectivity index (χ3v) is 5.51. The van der Waals surface area contributed by atoms with Gasteiger partial charge in [-0.15, -0.1) is 11.3 Å². The zero-order valence-corrected chi connectivity index (χ0v) is 15.3. The summed E-state index contributed by atoms with van der Waals surface area (Å²) in [5.41, 5.74) is 2.37. The van der Waals surface area contributed by atoms with Gasteiger partial charge in [-0.2, -0.15) is 0 Å². The topological polar surface area (TPSA) is 32.3 Å². The fourth-order valence-corrected chi connectivity index (χ4v) is 3.72. The summed E-state index contributed by atoms with van der Waals surface area (Å²) in [4.78, 5) is 16.0. The highest BCUT2D eigenvalue weighted by atomic mass is 32.1. The summed E-state index contributed by atoms with van der Waals surface area (Å²) in [5, 5.41) is 5.31. The van der Waals surface area contributed by atoms with E-state index >= 15 is 0 Å². The molecule has 1 atom stereocenters. The first-order chi connectivity index (χ1) is 11.7. The summed E-state index contributed by atoms with van der Waals surface area (Å²) in [6.07, 6.45) is 2.64. The summed E-state index contributed by atoms with van der Waals surface area (Å²) in [6.45, 7) is 6.68. The Morgan fingerprint density at radius 2 is 2.04 bits per heavy atom. The number of amides is 1. The zero-order valence-electron chi connectivity index (χ0n) is 14.5. The van der Waals surface area contributed by atoms with Crippen LogP contribution in [0.15, 0.2) is 41.8 Å². The minimum atomic E-state index is -0.0577. The lowest BCUT2D eigenvalue weighted by molar-refractivity contribution is -0.122. The van der Waals surface area contributed by atoms with Crippen LogP contribution in [0.25, 0.3) is 0 Å². The van der Waals surface area contributed by atoms with Crippen LogP contribution in [-0.4, -0.2) is 30.4 Å². The van der Waals surface area contributed by atoms with Crippen LogP contribution in [0.2, 0.25) is 0 Å². The first kappa shape index (κ1) is 17.2. The predicted octanol–water partition coefficient (Wildman–Crippen LogP) is 3.99. The standard InChI is InChI=1S/C20H26N2OS/c1-3-22(13-16-8-9-16)14-19(23)21-20(18-5-4-12-24-18)17-10-6-15(2)7-11-17/h4-7,10-12,16,20H,3,8-9,13-14H2,1-2H3,(H,21,23). The van der Waals surface area contributed by atoms with Crippen LogP contribution in [0.5, 0.6) is 0 Å². The molecule has 0 radical (unpaired) electrons. The number of hydrogen-bond donors (Lipinski definition) is 1. The van der Waals surface area contributed by atoms with E-state index in [4.69, 9.17) is 0 Å². The molecule has 4 heteroatoms. The lowest BCUT2D eigenvalue weighted by Gasteiger charge is -2.23. The molecule has 1 aromatic carbocycles. The third kappa shape index (κ3) is 4.68. The highest BCUT2D eigenvalue weighted by Gasteiger charge is 2.25. The molecular weight excluding hydrogens is 316 g/mol. The van der Waals surface area contributed by atoms with E-state index in [0.717, 1.165) is 24.6 Å². The van der Waals surface area contributed by atoms with Crippen molar-refractivity contribution in [3.8, 4) is 0 Å². The van der Waals surface area contributed by atoms with Gasteiger partial charge in [0.05, 0.1) is 12.6 Å². The molecule has 3 nitrogen and oxygen atoms in total. The highest BCUT2D eigenvalue weighted by Crippen LogP contribution is 2.30. The first-order valence-electron chi connectivity index (χ1n) is 8.77. The van der Waals surface area contributed by atoms with Crippen LogP contribution in [0.4, 0.5) is 0 Å². The second-order valence-electron chi connectivity index (χ2n) is 6.70. The molecule has 0 aliphatic heterocycles. The van der Waals surface area contributed by atoms with Gasteiger partial charge in [0.25, 0.3) is 0 Å².